The van der Waals surface area contributed by atoms with E-state index in [1.165, 1.54) is 12.1 Å². The molecule has 0 aromatic heterocycles. The summed E-state index contributed by atoms with van der Waals surface area (Å²) in [6, 6.07) is 13.2. The Bertz CT molecular complexity index is 766. The van der Waals surface area contributed by atoms with Gasteiger partial charge in [0, 0.05) is 23.5 Å². The van der Waals surface area contributed by atoms with Crippen LogP contribution in [0.2, 0.25) is 0 Å². The largest absolute Gasteiger partial charge is 0.497 e. The first-order valence-corrected chi connectivity index (χ1v) is 9.03. The number of rotatable bonds is 5. The molecule has 1 aliphatic heterocycles. The zero-order valence-corrected chi connectivity index (χ0v) is 16.9. The number of methoxy groups -OCH3 is 1. The van der Waals surface area contributed by atoms with Crippen LogP contribution in [-0.4, -0.2) is 36.9 Å². The van der Waals surface area contributed by atoms with E-state index in [-0.39, 0.29) is 35.1 Å². The second-order valence-corrected chi connectivity index (χ2v) is 6.64. The molecule has 0 amide bonds. The molecular weight excluding hydrogens is 419 g/mol. The number of aliphatic imine (C=N–C) groups is 1. The minimum absolute atomic E-state index is 0. The van der Waals surface area contributed by atoms with E-state index in [9.17, 15) is 9.18 Å². The van der Waals surface area contributed by atoms with Crippen LogP contribution in [0.5, 0.6) is 5.75 Å². The van der Waals surface area contributed by atoms with Crippen molar-refractivity contribution in [3.63, 3.8) is 0 Å². The monoisotopic (exact) mass is 438 g/mol. The van der Waals surface area contributed by atoms with Gasteiger partial charge in [0.2, 0.25) is 0 Å². The van der Waals surface area contributed by atoms with Gasteiger partial charge >= 0.3 is 0 Å². The predicted octanol–water partition coefficient (Wildman–Crippen LogP) is 4.59. The van der Waals surface area contributed by atoms with Crippen LogP contribution in [0.3, 0.4) is 0 Å². The van der Waals surface area contributed by atoms with E-state index in [2.05, 4.69) is 4.99 Å². The van der Waals surface area contributed by atoms with Gasteiger partial charge in [-0.05, 0) is 55.0 Å². The Hall–Kier alpha value is -1.86. The first-order chi connectivity index (χ1) is 12.2. The van der Waals surface area contributed by atoms with E-state index in [1.54, 1.807) is 55.3 Å². The normalized spacial score (nSPS) is 13.4. The van der Waals surface area contributed by atoms with Crippen molar-refractivity contribution in [2.45, 2.75) is 6.42 Å². The Balaban J connectivity index is 0.00000243. The molecule has 26 heavy (non-hydrogen) atoms. The smallest absolute Gasteiger partial charge is 0.182 e. The van der Waals surface area contributed by atoms with E-state index in [4.69, 9.17) is 4.74 Å². The second-order valence-electron chi connectivity index (χ2n) is 5.58. The maximum atomic E-state index is 13.3. The zero-order chi connectivity index (χ0) is 17.6. The number of anilines is 1. The summed E-state index contributed by atoms with van der Waals surface area (Å²) in [4.78, 5) is 19.1. The van der Waals surface area contributed by atoms with Gasteiger partial charge in [0.25, 0.3) is 0 Å². The quantitative estimate of drug-likeness (QED) is 0.639. The van der Waals surface area contributed by atoms with Crippen molar-refractivity contribution in [1.82, 2.24) is 0 Å². The van der Waals surface area contributed by atoms with Gasteiger partial charge in [-0.3, -0.25) is 9.79 Å². The van der Waals surface area contributed by atoms with Crippen molar-refractivity contribution < 1.29 is 13.9 Å². The van der Waals surface area contributed by atoms with Crippen molar-refractivity contribution in [2.24, 2.45) is 4.99 Å². The average molecular weight is 439 g/mol. The van der Waals surface area contributed by atoms with Crippen LogP contribution in [0, 0.1) is 5.82 Å². The van der Waals surface area contributed by atoms with Crippen LogP contribution in [0.15, 0.2) is 53.5 Å². The number of hydrogen-bond donors (Lipinski definition) is 0. The molecule has 0 fully saturated rings. The van der Waals surface area contributed by atoms with Crippen LogP contribution in [-0.2, 0) is 0 Å². The summed E-state index contributed by atoms with van der Waals surface area (Å²) in [6.45, 7) is 0.903. The lowest BCUT2D eigenvalue weighted by Crippen LogP contribution is -2.35. The number of amidine groups is 1. The van der Waals surface area contributed by atoms with E-state index in [1.807, 2.05) is 4.90 Å². The summed E-state index contributed by atoms with van der Waals surface area (Å²) in [5.41, 5.74) is 1.37. The van der Waals surface area contributed by atoms with Gasteiger partial charge in [0.05, 0.1) is 13.7 Å². The van der Waals surface area contributed by atoms with Crippen molar-refractivity contribution >= 4 is 45.4 Å². The predicted molar refractivity (Wildman–Crippen MR) is 111 cm³/mol. The van der Waals surface area contributed by atoms with Gasteiger partial charge in [0.15, 0.2) is 11.0 Å². The Labute approximate surface area is 167 Å². The van der Waals surface area contributed by atoms with Crippen molar-refractivity contribution in [3.05, 3.63) is 59.9 Å². The van der Waals surface area contributed by atoms with E-state index in [0.717, 1.165) is 29.6 Å². The van der Waals surface area contributed by atoms with E-state index < -0.39 is 0 Å². The maximum Gasteiger partial charge on any atom is 0.182 e. The van der Waals surface area contributed by atoms with E-state index >= 15 is 0 Å². The number of Topliss-reactive ketones (excluding diaryl/α,β-unsaturated/α-hetero) is 1. The highest BCUT2D eigenvalue weighted by Crippen LogP contribution is 2.24. The summed E-state index contributed by atoms with van der Waals surface area (Å²) in [7, 11) is 1.59. The Morgan fingerprint density at radius 2 is 1.88 bits per heavy atom. The molecule has 0 spiro atoms. The number of carbonyl (C=O) groups is 1. The molecule has 7 heteroatoms. The van der Waals surface area contributed by atoms with Crippen molar-refractivity contribution in [2.75, 3.05) is 30.9 Å². The van der Waals surface area contributed by atoms with Crippen LogP contribution in [0.4, 0.5) is 10.1 Å². The number of hydrogen-bond acceptors (Lipinski definition) is 5. The summed E-state index contributed by atoms with van der Waals surface area (Å²) in [5, 5.41) is 0.805. The molecule has 0 N–H and O–H groups in total. The molecule has 0 saturated heterocycles. The SMILES string of the molecule is Br.COc1ccc(C(=O)CN(C2=NCCCS2)c2ccc(F)cc2)cc1. The minimum atomic E-state index is -0.302. The molecule has 1 aliphatic rings. The third-order valence-corrected chi connectivity index (χ3v) is 4.96. The van der Waals surface area contributed by atoms with Crippen LogP contribution >= 0.6 is 28.7 Å². The molecule has 3 rings (SSSR count). The standard InChI is InChI=1S/C19H19FN2O2S.BrH/c1-24-17-9-3-14(4-10-17)18(23)13-22(19-21-11-2-12-25-19)16-7-5-15(20)6-8-16;/h3-10H,2,11-13H2,1H3;1H. The van der Waals surface area contributed by atoms with Crippen molar-refractivity contribution in [1.29, 1.82) is 0 Å². The lowest BCUT2D eigenvalue weighted by atomic mass is 10.1. The first kappa shape index (κ1) is 20.5. The number of ether oxygens (including phenoxy) is 1. The molecular formula is C19H20BrFN2O2S. The third-order valence-electron chi connectivity index (χ3n) is 3.86. The van der Waals surface area contributed by atoms with Crippen molar-refractivity contribution in [3.8, 4) is 5.75 Å². The van der Waals surface area contributed by atoms with Gasteiger partial charge < -0.3 is 9.64 Å². The molecule has 0 atom stereocenters. The van der Waals surface area contributed by atoms with Gasteiger partial charge in [-0.1, -0.05) is 11.8 Å². The van der Waals surface area contributed by atoms with Gasteiger partial charge in [-0.2, -0.15) is 0 Å². The zero-order valence-electron chi connectivity index (χ0n) is 14.4. The molecule has 0 unspecified atom stereocenters. The lowest BCUT2D eigenvalue weighted by molar-refractivity contribution is 0.100. The lowest BCUT2D eigenvalue weighted by Gasteiger charge is -2.27. The molecule has 0 saturated carbocycles. The molecule has 1 heterocycles. The Morgan fingerprint density at radius 3 is 2.46 bits per heavy atom. The summed E-state index contributed by atoms with van der Waals surface area (Å²) < 4.78 is 18.4. The average Bonchev–Trinajstić information content (AvgIpc) is 2.67. The minimum Gasteiger partial charge on any atom is -0.497 e. The highest BCUT2D eigenvalue weighted by molar-refractivity contribution is 8.93. The fourth-order valence-corrected chi connectivity index (χ4v) is 3.48. The molecule has 0 bridgehead atoms. The topological polar surface area (TPSA) is 41.9 Å². The number of nitrogens with zero attached hydrogens (tertiary/aromatic N) is 2. The Morgan fingerprint density at radius 1 is 1.19 bits per heavy atom. The highest BCUT2D eigenvalue weighted by Gasteiger charge is 2.20. The number of thioether (sulfide) groups is 1. The van der Waals surface area contributed by atoms with Gasteiger partial charge in [-0.25, -0.2) is 4.39 Å². The van der Waals surface area contributed by atoms with E-state index in [0.29, 0.717) is 11.3 Å². The van der Waals surface area contributed by atoms with Crippen LogP contribution in [0.25, 0.3) is 0 Å². The number of halogens is 2. The number of ketones is 1. The Kier molecular flexibility index (Phi) is 7.66. The molecule has 2 aromatic carbocycles. The first-order valence-electron chi connectivity index (χ1n) is 8.05. The summed E-state index contributed by atoms with van der Waals surface area (Å²) >= 11 is 1.62. The third kappa shape index (κ3) is 5.08. The highest BCUT2D eigenvalue weighted by atomic mass is 79.9. The maximum absolute atomic E-state index is 13.3. The fourth-order valence-electron chi connectivity index (χ4n) is 2.51. The molecule has 0 aliphatic carbocycles. The molecule has 4 nitrogen and oxygen atoms in total. The number of benzene rings is 2. The fraction of sp³-hybridized carbons (Fsp3) is 0.263. The van der Waals surface area contributed by atoms with Crippen LogP contribution in [0.1, 0.15) is 16.8 Å². The second kappa shape index (κ2) is 9.73. The summed E-state index contributed by atoms with van der Waals surface area (Å²) in [5.74, 6) is 1.34. The van der Waals surface area contributed by atoms with Gasteiger partial charge in [0.1, 0.15) is 11.6 Å². The number of carbonyl (C=O) groups excluding carboxylic acids is 1. The molecule has 2 aromatic rings. The van der Waals surface area contributed by atoms with Crippen LogP contribution < -0.4 is 9.64 Å². The summed E-state index contributed by atoms with van der Waals surface area (Å²) in [6.07, 6.45) is 1.03. The molecule has 0 radical (unpaired) electrons. The molecule has 138 valence electrons. The van der Waals surface area contributed by atoms with Gasteiger partial charge in [-0.15, -0.1) is 17.0 Å².